The van der Waals surface area contributed by atoms with Crippen LogP contribution in [0, 0.1) is 0 Å². The first-order valence-electron chi connectivity index (χ1n) is 10.8. The van der Waals surface area contributed by atoms with E-state index in [0.29, 0.717) is 55.5 Å². The lowest BCUT2D eigenvalue weighted by Gasteiger charge is -2.34. The molecule has 4 rings (SSSR count). The van der Waals surface area contributed by atoms with E-state index >= 15 is 0 Å². The number of carbonyl (C=O) groups is 1. The molecule has 11 heteroatoms. The predicted octanol–water partition coefficient (Wildman–Crippen LogP) is 1.65. The predicted molar refractivity (Wildman–Crippen MR) is 123 cm³/mol. The number of benzene rings is 2. The third kappa shape index (κ3) is 4.74. The largest absolute Gasteiger partial charge is 0.497 e. The van der Waals surface area contributed by atoms with Crippen LogP contribution in [-0.4, -0.2) is 90.5 Å². The molecule has 2 aromatic carbocycles. The van der Waals surface area contributed by atoms with Gasteiger partial charge >= 0.3 is 0 Å². The van der Waals surface area contributed by atoms with Gasteiger partial charge in [-0.1, -0.05) is 0 Å². The van der Waals surface area contributed by atoms with E-state index in [0.717, 1.165) is 17.3 Å². The van der Waals surface area contributed by atoms with Crippen molar-refractivity contribution in [2.24, 2.45) is 0 Å². The SMILES string of the molecule is COc1ccc(-n2nnnc2CN2CCN(C(=O)c3cc(OC)c(OC)c(OC)c3)CC2)cc1. The van der Waals surface area contributed by atoms with Crippen molar-refractivity contribution in [3.05, 3.63) is 47.8 Å². The molecule has 0 aliphatic carbocycles. The number of nitrogens with zero attached hydrogens (tertiary/aromatic N) is 6. The molecule has 0 N–H and O–H groups in total. The molecule has 0 spiro atoms. The van der Waals surface area contributed by atoms with Gasteiger partial charge in [-0.05, 0) is 46.8 Å². The number of rotatable bonds is 8. The van der Waals surface area contributed by atoms with Crippen molar-refractivity contribution in [1.82, 2.24) is 30.0 Å². The van der Waals surface area contributed by atoms with Crippen molar-refractivity contribution < 1.29 is 23.7 Å². The van der Waals surface area contributed by atoms with E-state index in [1.807, 2.05) is 29.2 Å². The summed E-state index contributed by atoms with van der Waals surface area (Å²) in [4.78, 5) is 17.2. The second kappa shape index (κ2) is 10.4. The van der Waals surface area contributed by atoms with Gasteiger partial charge in [0.15, 0.2) is 17.3 Å². The number of ether oxygens (including phenoxy) is 4. The monoisotopic (exact) mass is 468 g/mol. The molecule has 0 saturated carbocycles. The van der Waals surface area contributed by atoms with E-state index in [1.165, 1.54) is 21.3 Å². The highest BCUT2D eigenvalue weighted by molar-refractivity contribution is 5.95. The maximum atomic E-state index is 13.2. The summed E-state index contributed by atoms with van der Waals surface area (Å²) < 4.78 is 23.0. The molecule has 1 aliphatic rings. The van der Waals surface area contributed by atoms with Gasteiger partial charge in [-0.2, -0.15) is 4.68 Å². The van der Waals surface area contributed by atoms with Crippen LogP contribution in [-0.2, 0) is 6.54 Å². The highest BCUT2D eigenvalue weighted by Gasteiger charge is 2.26. The fourth-order valence-electron chi connectivity index (χ4n) is 3.92. The summed E-state index contributed by atoms with van der Waals surface area (Å²) in [7, 11) is 6.23. The molecule has 1 aliphatic heterocycles. The van der Waals surface area contributed by atoms with Gasteiger partial charge in [0.2, 0.25) is 5.75 Å². The van der Waals surface area contributed by atoms with Crippen molar-refractivity contribution in [1.29, 1.82) is 0 Å². The van der Waals surface area contributed by atoms with E-state index in [1.54, 1.807) is 23.9 Å². The minimum atomic E-state index is -0.0815. The van der Waals surface area contributed by atoms with Crippen molar-refractivity contribution >= 4 is 5.91 Å². The second-order valence-electron chi connectivity index (χ2n) is 7.69. The number of amides is 1. The normalized spacial score (nSPS) is 14.1. The summed E-state index contributed by atoms with van der Waals surface area (Å²) in [5.41, 5.74) is 1.35. The Kier molecular flexibility index (Phi) is 7.12. The number of aromatic nitrogens is 4. The van der Waals surface area contributed by atoms with Gasteiger partial charge in [0, 0.05) is 31.7 Å². The Balaban J connectivity index is 1.41. The first-order chi connectivity index (χ1) is 16.6. The molecule has 1 saturated heterocycles. The molecule has 1 aromatic heterocycles. The summed E-state index contributed by atoms with van der Waals surface area (Å²) in [6.45, 7) is 3.14. The molecule has 11 nitrogen and oxygen atoms in total. The van der Waals surface area contributed by atoms with Gasteiger partial charge in [-0.15, -0.1) is 5.10 Å². The van der Waals surface area contributed by atoms with E-state index in [2.05, 4.69) is 20.4 Å². The summed E-state index contributed by atoms with van der Waals surface area (Å²) in [6, 6.07) is 10.9. The fourth-order valence-corrected chi connectivity index (χ4v) is 3.92. The van der Waals surface area contributed by atoms with E-state index in [9.17, 15) is 4.79 Å². The molecule has 1 fully saturated rings. The summed E-state index contributed by atoms with van der Waals surface area (Å²) in [6.07, 6.45) is 0. The average molecular weight is 469 g/mol. The van der Waals surface area contributed by atoms with E-state index < -0.39 is 0 Å². The van der Waals surface area contributed by atoms with Crippen LogP contribution in [0.3, 0.4) is 0 Å². The zero-order valence-electron chi connectivity index (χ0n) is 19.7. The maximum absolute atomic E-state index is 13.2. The van der Waals surface area contributed by atoms with Gasteiger partial charge in [-0.3, -0.25) is 9.69 Å². The molecule has 0 unspecified atom stereocenters. The number of hydrogen-bond acceptors (Lipinski definition) is 9. The maximum Gasteiger partial charge on any atom is 0.254 e. The molecule has 34 heavy (non-hydrogen) atoms. The summed E-state index contributed by atoms with van der Waals surface area (Å²) in [5.74, 6) is 2.78. The Hall–Kier alpha value is -3.86. The summed E-state index contributed by atoms with van der Waals surface area (Å²) >= 11 is 0. The second-order valence-corrected chi connectivity index (χ2v) is 7.69. The van der Waals surface area contributed by atoms with Crippen LogP contribution in [0.1, 0.15) is 16.2 Å². The average Bonchev–Trinajstić information content (AvgIpc) is 3.35. The highest BCUT2D eigenvalue weighted by Crippen LogP contribution is 2.38. The van der Waals surface area contributed by atoms with Crippen LogP contribution in [0.5, 0.6) is 23.0 Å². The van der Waals surface area contributed by atoms with Crippen LogP contribution >= 0.6 is 0 Å². The van der Waals surface area contributed by atoms with Gasteiger partial charge in [0.25, 0.3) is 5.91 Å². The minimum absolute atomic E-state index is 0.0815. The lowest BCUT2D eigenvalue weighted by Crippen LogP contribution is -2.48. The van der Waals surface area contributed by atoms with Crippen molar-refractivity contribution in [2.75, 3.05) is 54.6 Å². The molecular weight excluding hydrogens is 440 g/mol. The van der Waals surface area contributed by atoms with Gasteiger partial charge < -0.3 is 23.8 Å². The smallest absolute Gasteiger partial charge is 0.254 e. The van der Waals surface area contributed by atoms with Gasteiger partial charge in [0.05, 0.1) is 40.7 Å². The lowest BCUT2D eigenvalue weighted by molar-refractivity contribution is 0.0623. The third-order valence-corrected chi connectivity index (χ3v) is 5.79. The molecule has 180 valence electrons. The van der Waals surface area contributed by atoms with Gasteiger partial charge in [0.1, 0.15) is 5.75 Å². The Morgan fingerprint density at radius 3 is 2.09 bits per heavy atom. The number of methoxy groups -OCH3 is 4. The first-order valence-corrected chi connectivity index (χ1v) is 10.8. The number of carbonyl (C=O) groups excluding carboxylic acids is 1. The number of piperazine rings is 1. The van der Waals surface area contributed by atoms with Crippen LogP contribution in [0.15, 0.2) is 36.4 Å². The third-order valence-electron chi connectivity index (χ3n) is 5.79. The van der Waals surface area contributed by atoms with Crippen LogP contribution < -0.4 is 18.9 Å². The molecule has 0 radical (unpaired) electrons. The zero-order chi connectivity index (χ0) is 24.1. The van der Waals surface area contributed by atoms with Crippen LogP contribution in [0.4, 0.5) is 0 Å². The Labute approximate surface area is 197 Å². The quantitative estimate of drug-likeness (QED) is 0.488. The van der Waals surface area contributed by atoms with E-state index in [-0.39, 0.29) is 5.91 Å². The van der Waals surface area contributed by atoms with Crippen molar-refractivity contribution in [2.45, 2.75) is 6.54 Å². The molecule has 1 amide bonds. The van der Waals surface area contributed by atoms with Gasteiger partial charge in [-0.25, -0.2) is 0 Å². The number of tetrazole rings is 1. The zero-order valence-corrected chi connectivity index (χ0v) is 19.7. The standard InChI is InChI=1S/C23H28N6O5/c1-31-18-7-5-17(6-8-18)29-21(24-25-26-29)15-27-9-11-28(12-10-27)23(30)16-13-19(32-2)22(34-4)20(14-16)33-3/h5-8,13-14H,9-12,15H2,1-4H3. The van der Waals surface area contributed by atoms with Crippen LogP contribution in [0.2, 0.25) is 0 Å². The molecule has 0 bridgehead atoms. The molecule has 2 heterocycles. The topological polar surface area (TPSA) is 104 Å². The molecule has 0 atom stereocenters. The Morgan fingerprint density at radius 1 is 0.882 bits per heavy atom. The minimum Gasteiger partial charge on any atom is -0.497 e. The van der Waals surface area contributed by atoms with Crippen molar-refractivity contribution in [3.8, 4) is 28.7 Å². The van der Waals surface area contributed by atoms with E-state index in [4.69, 9.17) is 18.9 Å². The fraction of sp³-hybridized carbons (Fsp3) is 0.391. The van der Waals surface area contributed by atoms with Crippen LogP contribution in [0.25, 0.3) is 5.69 Å². The first kappa shape index (κ1) is 23.3. The number of hydrogen-bond donors (Lipinski definition) is 0. The highest BCUT2D eigenvalue weighted by atomic mass is 16.5. The van der Waals surface area contributed by atoms with Crippen molar-refractivity contribution in [3.63, 3.8) is 0 Å². The molecular formula is C23H28N6O5. The lowest BCUT2D eigenvalue weighted by atomic mass is 10.1. The Morgan fingerprint density at radius 2 is 1.53 bits per heavy atom. The molecule has 3 aromatic rings. The Bertz CT molecular complexity index is 1100. The summed E-state index contributed by atoms with van der Waals surface area (Å²) in [5, 5.41) is 12.2.